The number of amides is 1. The van der Waals surface area contributed by atoms with Crippen LogP contribution in [-0.4, -0.2) is 31.5 Å². The zero-order valence-electron chi connectivity index (χ0n) is 13.0. The quantitative estimate of drug-likeness (QED) is 0.258. The Hall–Kier alpha value is -2.86. The van der Waals surface area contributed by atoms with Gasteiger partial charge < -0.3 is 15.6 Å². The predicted octanol–water partition coefficient (Wildman–Crippen LogP) is 2.65. The first kappa shape index (κ1) is 17.9. The van der Waals surface area contributed by atoms with Crippen molar-refractivity contribution in [3.05, 3.63) is 51.2 Å². The molecule has 0 spiro atoms. The summed E-state index contributed by atoms with van der Waals surface area (Å²) in [5, 5.41) is 21.6. The minimum Gasteiger partial charge on any atom is -0.461 e. The number of carbonyl (C=O) groups excluding carboxylic acids is 1. The number of carbonyl (C=O) groups is 1. The summed E-state index contributed by atoms with van der Waals surface area (Å²) >= 11 is 4.29. The van der Waals surface area contributed by atoms with Gasteiger partial charge in [0.05, 0.1) is 22.6 Å². The second-order valence-corrected chi connectivity index (χ2v) is 6.71. The number of thioether (sulfide) groups is 1. The van der Waals surface area contributed by atoms with Gasteiger partial charge in [0.1, 0.15) is 0 Å². The molecule has 2 heterocycles. The Morgan fingerprint density at radius 3 is 2.88 bits per heavy atom. The fourth-order valence-corrected chi connectivity index (χ4v) is 3.11. The highest BCUT2D eigenvalue weighted by Crippen LogP contribution is 2.27. The number of nitrogens with zero attached hydrogens (tertiary/aromatic N) is 4. The zero-order valence-corrected chi connectivity index (χ0v) is 15.4. The number of nitrogens with one attached hydrogen (secondary N) is 1. The van der Waals surface area contributed by atoms with Crippen LogP contribution in [0.4, 0.5) is 11.4 Å². The van der Waals surface area contributed by atoms with Crippen LogP contribution >= 0.6 is 27.7 Å². The molecule has 0 unspecified atom stereocenters. The number of furan rings is 1. The van der Waals surface area contributed by atoms with Crippen molar-refractivity contribution in [2.24, 2.45) is 0 Å². The molecule has 0 saturated carbocycles. The van der Waals surface area contributed by atoms with Crippen LogP contribution in [0.2, 0.25) is 0 Å². The molecule has 10 nitrogen and oxygen atoms in total. The summed E-state index contributed by atoms with van der Waals surface area (Å²) < 4.78 is 6.86. The van der Waals surface area contributed by atoms with Crippen molar-refractivity contribution in [1.29, 1.82) is 0 Å². The maximum absolute atomic E-state index is 12.1. The highest BCUT2D eigenvalue weighted by Gasteiger charge is 2.16. The molecule has 3 aromatic rings. The molecule has 1 aromatic carbocycles. The third kappa shape index (κ3) is 3.86. The van der Waals surface area contributed by atoms with Crippen molar-refractivity contribution in [3.63, 3.8) is 0 Å². The van der Waals surface area contributed by atoms with Crippen LogP contribution < -0.4 is 11.2 Å². The number of nitro groups is 1. The lowest BCUT2D eigenvalue weighted by Gasteiger charge is -2.07. The number of rotatable bonds is 6. The van der Waals surface area contributed by atoms with Crippen molar-refractivity contribution in [2.45, 2.75) is 5.16 Å². The van der Waals surface area contributed by atoms with Gasteiger partial charge in [0.15, 0.2) is 5.76 Å². The molecular formula is C14H11BrN6O4S. The van der Waals surface area contributed by atoms with Crippen LogP contribution in [0.15, 0.2) is 50.6 Å². The van der Waals surface area contributed by atoms with Gasteiger partial charge in [-0.2, -0.15) is 0 Å². The Morgan fingerprint density at radius 2 is 2.23 bits per heavy atom. The predicted molar refractivity (Wildman–Crippen MR) is 98.0 cm³/mol. The summed E-state index contributed by atoms with van der Waals surface area (Å²) in [6.07, 6.45) is 1.49. The van der Waals surface area contributed by atoms with Gasteiger partial charge >= 0.3 is 0 Å². The summed E-state index contributed by atoms with van der Waals surface area (Å²) in [4.78, 5) is 22.3. The maximum Gasteiger partial charge on any atom is 0.270 e. The van der Waals surface area contributed by atoms with Crippen molar-refractivity contribution in [2.75, 3.05) is 16.9 Å². The van der Waals surface area contributed by atoms with E-state index < -0.39 is 4.92 Å². The smallest absolute Gasteiger partial charge is 0.270 e. The van der Waals surface area contributed by atoms with Crippen LogP contribution in [0.3, 0.4) is 0 Å². The molecule has 0 aliphatic carbocycles. The standard InChI is InChI=1S/C14H11BrN6O4S/c15-9-6-8(21(23)24)3-4-10(9)17-12(22)7-26-14-19-18-13(20(14)16)11-2-1-5-25-11/h1-6H,7,16H2,(H,17,22). The number of anilines is 1. The molecule has 0 aliphatic heterocycles. The average Bonchev–Trinajstić information content (AvgIpc) is 3.24. The Kier molecular flexibility index (Phi) is 5.23. The van der Waals surface area contributed by atoms with Crippen molar-refractivity contribution in [3.8, 4) is 11.6 Å². The molecule has 0 fully saturated rings. The number of nitrogens with two attached hydrogens (primary N) is 1. The first-order valence-corrected chi connectivity index (χ1v) is 8.84. The topological polar surface area (TPSA) is 142 Å². The molecule has 0 bridgehead atoms. The first-order chi connectivity index (χ1) is 12.5. The van der Waals surface area contributed by atoms with Gasteiger partial charge in [-0.25, -0.2) is 4.68 Å². The lowest BCUT2D eigenvalue weighted by molar-refractivity contribution is -0.384. The number of nitrogen functional groups attached to an aromatic ring is 1. The number of hydrogen-bond acceptors (Lipinski definition) is 8. The summed E-state index contributed by atoms with van der Waals surface area (Å²) in [7, 11) is 0. The fourth-order valence-electron chi connectivity index (χ4n) is 1.98. The van der Waals surface area contributed by atoms with Crippen molar-refractivity contribution >= 4 is 45.0 Å². The average molecular weight is 439 g/mol. The van der Waals surface area contributed by atoms with Crippen molar-refractivity contribution < 1.29 is 14.1 Å². The molecule has 0 radical (unpaired) electrons. The largest absolute Gasteiger partial charge is 0.461 e. The molecule has 0 aliphatic rings. The molecule has 0 atom stereocenters. The van der Waals surface area contributed by atoms with Gasteiger partial charge in [-0.15, -0.1) is 10.2 Å². The summed E-state index contributed by atoms with van der Waals surface area (Å²) in [6, 6.07) is 7.47. The van der Waals surface area contributed by atoms with Crippen LogP contribution in [-0.2, 0) is 4.79 Å². The Labute approximate surface area is 159 Å². The zero-order chi connectivity index (χ0) is 18.7. The fraction of sp³-hybridized carbons (Fsp3) is 0.0714. The SMILES string of the molecule is Nn1c(SCC(=O)Nc2ccc([N+](=O)[O-])cc2Br)nnc1-c1ccco1. The van der Waals surface area contributed by atoms with E-state index in [1.165, 1.54) is 29.1 Å². The molecule has 3 N–H and O–H groups in total. The lowest BCUT2D eigenvalue weighted by Crippen LogP contribution is -2.16. The van der Waals surface area contributed by atoms with E-state index >= 15 is 0 Å². The molecule has 26 heavy (non-hydrogen) atoms. The lowest BCUT2D eigenvalue weighted by atomic mass is 10.3. The molecule has 12 heteroatoms. The van der Waals surface area contributed by atoms with E-state index in [2.05, 4.69) is 31.4 Å². The number of non-ortho nitro benzene ring substituents is 1. The minimum absolute atomic E-state index is 0.0247. The van der Waals surface area contributed by atoms with E-state index in [0.29, 0.717) is 26.9 Å². The van der Waals surface area contributed by atoms with Gasteiger partial charge in [-0.3, -0.25) is 14.9 Å². The number of aromatic nitrogens is 3. The van der Waals surface area contributed by atoms with E-state index in [-0.39, 0.29) is 17.3 Å². The first-order valence-electron chi connectivity index (χ1n) is 7.06. The monoisotopic (exact) mass is 438 g/mol. The molecular weight excluding hydrogens is 428 g/mol. The number of nitro benzene ring substituents is 1. The highest BCUT2D eigenvalue weighted by molar-refractivity contribution is 9.10. The molecule has 0 saturated heterocycles. The van der Waals surface area contributed by atoms with Gasteiger partial charge in [0, 0.05) is 16.6 Å². The van der Waals surface area contributed by atoms with Crippen LogP contribution in [0, 0.1) is 10.1 Å². The van der Waals surface area contributed by atoms with Gasteiger partial charge in [0.25, 0.3) is 5.69 Å². The van der Waals surface area contributed by atoms with Crippen LogP contribution in [0.25, 0.3) is 11.6 Å². The summed E-state index contributed by atoms with van der Waals surface area (Å²) in [5.74, 6) is 6.42. The number of halogens is 1. The Bertz CT molecular complexity index is 959. The van der Waals surface area contributed by atoms with E-state index in [1.54, 1.807) is 12.1 Å². The normalized spacial score (nSPS) is 10.7. The van der Waals surface area contributed by atoms with E-state index in [9.17, 15) is 14.9 Å². The maximum atomic E-state index is 12.1. The second kappa shape index (κ2) is 7.58. The number of hydrogen-bond donors (Lipinski definition) is 2. The highest BCUT2D eigenvalue weighted by atomic mass is 79.9. The van der Waals surface area contributed by atoms with Crippen LogP contribution in [0.1, 0.15) is 0 Å². The molecule has 3 rings (SSSR count). The van der Waals surface area contributed by atoms with Gasteiger partial charge in [-0.1, -0.05) is 11.8 Å². The minimum atomic E-state index is -0.517. The van der Waals surface area contributed by atoms with Gasteiger partial charge in [0.2, 0.25) is 16.9 Å². The molecule has 2 aromatic heterocycles. The Balaban J connectivity index is 1.62. The van der Waals surface area contributed by atoms with Gasteiger partial charge in [-0.05, 0) is 34.1 Å². The van der Waals surface area contributed by atoms with E-state index in [0.717, 1.165) is 11.8 Å². The molecule has 1 amide bonds. The third-order valence-corrected chi connectivity index (χ3v) is 4.78. The number of benzene rings is 1. The molecule has 134 valence electrons. The second-order valence-electron chi connectivity index (χ2n) is 4.91. The Morgan fingerprint density at radius 1 is 1.42 bits per heavy atom. The summed E-state index contributed by atoms with van der Waals surface area (Å²) in [5.41, 5.74) is 0.345. The third-order valence-electron chi connectivity index (χ3n) is 3.18. The van der Waals surface area contributed by atoms with E-state index in [1.807, 2.05) is 0 Å². The van der Waals surface area contributed by atoms with Crippen molar-refractivity contribution in [1.82, 2.24) is 14.9 Å². The summed E-state index contributed by atoms with van der Waals surface area (Å²) in [6.45, 7) is 0. The van der Waals surface area contributed by atoms with E-state index in [4.69, 9.17) is 10.3 Å². The van der Waals surface area contributed by atoms with Crippen LogP contribution in [0.5, 0.6) is 0 Å².